The summed E-state index contributed by atoms with van der Waals surface area (Å²) in [5.41, 5.74) is 7.82. The summed E-state index contributed by atoms with van der Waals surface area (Å²) >= 11 is 0. The highest BCUT2D eigenvalue weighted by Crippen LogP contribution is 2.40. The number of carbonyl (C=O) groups is 2. The number of fused-ring (bicyclic) bond motifs is 2. The fourth-order valence-corrected chi connectivity index (χ4v) is 6.69. The zero-order valence-electron chi connectivity index (χ0n) is 21.0. The Labute approximate surface area is 214 Å². The van der Waals surface area contributed by atoms with Gasteiger partial charge in [0.15, 0.2) is 11.6 Å². The molecule has 2 aromatic carbocycles. The van der Waals surface area contributed by atoms with Gasteiger partial charge >= 0.3 is 0 Å². The van der Waals surface area contributed by atoms with Gasteiger partial charge in [0.1, 0.15) is 0 Å². The molecule has 0 aromatic heterocycles. The van der Waals surface area contributed by atoms with Gasteiger partial charge in [-0.1, -0.05) is 99.2 Å². The van der Waals surface area contributed by atoms with Crippen molar-refractivity contribution in [2.75, 3.05) is 0 Å². The Kier molecular flexibility index (Phi) is 6.44. The van der Waals surface area contributed by atoms with Crippen molar-refractivity contribution in [1.29, 1.82) is 0 Å². The van der Waals surface area contributed by atoms with Crippen molar-refractivity contribution in [3.8, 4) is 0 Å². The molecule has 36 heavy (non-hydrogen) atoms. The van der Waals surface area contributed by atoms with Crippen LogP contribution in [0.1, 0.15) is 96.1 Å². The summed E-state index contributed by atoms with van der Waals surface area (Å²) in [6, 6.07) is 16.1. The monoisotopic (exact) mass is 474 g/mol. The molecule has 0 unspecified atom stereocenters. The minimum absolute atomic E-state index is 0.204. The fourth-order valence-electron chi connectivity index (χ4n) is 6.69. The Bertz CT molecular complexity index is 1220. The highest BCUT2D eigenvalue weighted by Gasteiger charge is 2.31. The van der Waals surface area contributed by atoms with Gasteiger partial charge in [0.25, 0.3) is 0 Å². The summed E-state index contributed by atoms with van der Waals surface area (Å²) < 4.78 is 0. The van der Waals surface area contributed by atoms with Crippen LogP contribution in [0.5, 0.6) is 0 Å². The van der Waals surface area contributed by atoms with Gasteiger partial charge in [-0.3, -0.25) is 9.59 Å². The number of hydrogen-bond donors (Lipinski definition) is 0. The van der Waals surface area contributed by atoms with E-state index in [-0.39, 0.29) is 11.6 Å². The summed E-state index contributed by atoms with van der Waals surface area (Å²) in [5, 5.41) is 0. The molecule has 0 bridgehead atoms. The van der Waals surface area contributed by atoms with E-state index in [9.17, 15) is 9.59 Å². The minimum atomic E-state index is 0.204. The molecule has 0 amide bonds. The SMILES string of the molecule is O=C1C(C2CCCCC2)=CC(=CC=C2C=C(C3CCCCC3)C(=O)c3ccccc32)c2ccccc21. The van der Waals surface area contributed by atoms with Gasteiger partial charge in [0, 0.05) is 22.3 Å². The number of Topliss-reactive ketones (excluding diaryl/α,β-unsaturated/α-hetero) is 2. The van der Waals surface area contributed by atoms with Gasteiger partial charge < -0.3 is 0 Å². The van der Waals surface area contributed by atoms with Gasteiger partial charge in [0.05, 0.1) is 0 Å². The predicted octanol–water partition coefficient (Wildman–Crippen LogP) is 8.56. The quantitative estimate of drug-likeness (QED) is 0.446. The number of allylic oxidation sites excluding steroid dienone is 8. The molecule has 2 heteroatoms. The van der Waals surface area contributed by atoms with Gasteiger partial charge in [-0.15, -0.1) is 0 Å². The lowest BCUT2D eigenvalue weighted by Gasteiger charge is -2.28. The summed E-state index contributed by atoms with van der Waals surface area (Å²) in [7, 11) is 0. The van der Waals surface area contributed by atoms with E-state index in [1.165, 1.54) is 38.5 Å². The van der Waals surface area contributed by atoms with E-state index >= 15 is 0 Å². The summed E-state index contributed by atoms with van der Waals surface area (Å²) in [5.74, 6) is 1.13. The van der Waals surface area contributed by atoms with Crippen molar-refractivity contribution >= 4 is 22.7 Å². The molecule has 2 fully saturated rings. The second kappa shape index (κ2) is 10.0. The molecule has 2 saturated carbocycles. The molecule has 0 saturated heterocycles. The molecule has 0 radical (unpaired) electrons. The largest absolute Gasteiger partial charge is 0.289 e. The van der Waals surface area contributed by atoms with Crippen LogP contribution < -0.4 is 0 Å². The summed E-state index contributed by atoms with van der Waals surface area (Å²) in [6.45, 7) is 0. The van der Waals surface area contributed by atoms with Crippen LogP contribution in [-0.2, 0) is 0 Å². The number of rotatable bonds is 3. The third kappa shape index (κ3) is 4.28. The van der Waals surface area contributed by atoms with Crippen LogP contribution in [0.4, 0.5) is 0 Å². The topological polar surface area (TPSA) is 34.1 Å². The van der Waals surface area contributed by atoms with Crippen molar-refractivity contribution < 1.29 is 9.59 Å². The Morgan fingerprint density at radius 2 is 0.861 bits per heavy atom. The maximum absolute atomic E-state index is 13.4. The van der Waals surface area contributed by atoms with Crippen LogP contribution in [0.25, 0.3) is 11.1 Å². The molecule has 0 aliphatic heterocycles. The zero-order valence-corrected chi connectivity index (χ0v) is 21.0. The lowest BCUT2D eigenvalue weighted by molar-refractivity contribution is 0.100. The molecule has 182 valence electrons. The van der Waals surface area contributed by atoms with E-state index in [1.807, 2.05) is 36.4 Å². The Balaban J connectivity index is 1.44. The normalized spacial score (nSPS) is 23.3. The summed E-state index contributed by atoms with van der Waals surface area (Å²) in [6.07, 6.45) is 20.5. The first-order valence-corrected chi connectivity index (χ1v) is 13.8. The van der Waals surface area contributed by atoms with E-state index in [2.05, 4.69) is 36.4 Å². The van der Waals surface area contributed by atoms with Crippen molar-refractivity contribution in [1.82, 2.24) is 0 Å². The first kappa shape index (κ1) is 23.2. The van der Waals surface area contributed by atoms with Crippen LogP contribution in [0.2, 0.25) is 0 Å². The van der Waals surface area contributed by atoms with Gasteiger partial charge in [-0.2, -0.15) is 0 Å². The average molecular weight is 475 g/mol. The Hall–Kier alpha value is -3.26. The summed E-state index contributed by atoms with van der Waals surface area (Å²) in [4.78, 5) is 26.9. The van der Waals surface area contributed by atoms with Crippen LogP contribution >= 0.6 is 0 Å². The molecule has 4 aliphatic rings. The van der Waals surface area contributed by atoms with Gasteiger partial charge in [-0.25, -0.2) is 0 Å². The molecule has 2 nitrogen and oxygen atoms in total. The third-order valence-electron chi connectivity index (χ3n) is 8.64. The molecule has 0 N–H and O–H groups in total. The maximum Gasteiger partial charge on any atom is 0.189 e. The lowest BCUT2D eigenvalue weighted by Crippen LogP contribution is -2.20. The van der Waals surface area contributed by atoms with Crippen LogP contribution in [0.15, 0.2) is 84.0 Å². The molecule has 0 atom stereocenters. The highest BCUT2D eigenvalue weighted by atomic mass is 16.1. The first-order valence-electron chi connectivity index (χ1n) is 13.8. The van der Waals surface area contributed by atoms with Gasteiger partial charge in [-0.05, 0) is 71.9 Å². The standard InChI is InChI=1S/C34H34O2/c35-33-29-17-9-7-15-27(29)25(21-31(33)23-11-3-1-4-12-23)19-20-26-22-32(24-13-5-2-6-14-24)34(36)30-18-10-8-16-28(26)30/h7-10,15-24H,1-6,11-14H2. The molecular formula is C34H34O2. The molecule has 4 aliphatic carbocycles. The highest BCUT2D eigenvalue weighted by molar-refractivity contribution is 6.17. The Morgan fingerprint density at radius 1 is 0.500 bits per heavy atom. The number of hydrogen-bond acceptors (Lipinski definition) is 2. The van der Waals surface area contributed by atoms with Crippen molar-refractivity contribution in [3.63, 3.8) is 0 Å². The molecule has 6 rings (SSSR count). The van der Waals surface area contributed by atoms with E-state index in [0.717, 1.165) is 70.2 Å². The van der Waals surface area contributed by atoms with Gasteiger partial charge in [0.2, 0.25) is 0 Å². The van der Waals surface area contributed by atoms with E-state index in [0.29, 0.717) is 11.8 Å². The zero-order chi connectivity index (χ0) is 24.5. The average Bonchev–Trinajstić information content (AvgIpc) is 2.95. The molecule has 0 spiro atoms. The van der Waals surface area contributed by atoms with Crippen molar-refractivity contribution in [2.24, 2.45) is 11.8 Å². The van der Waals surface area contributed by atoms with Crippen molar-refractivity contribution in [3.05, 3.63) is 106 Å². The Morgan fingerprint density at radius 3 is 1.25 bits per heavy atom. The van der Waals surface area contributed by atoms with Crippen molar-refractivity contribution in [2.45, 2.75) is 64.2 Å². The number of carbonyl (C=O) groups excluding carboxylic acids is 2. The van der Waals surface area contributed by atoms with Crippen LogP contribution in [0, 0.1) is 11.8 Å². The maximum atomic E-state index is 13.4. The van der Waals surface area contributed by atoms with Crippen LogP contribution in [-0.4, -0.2) is 11.6 Å². The fraction of sp³-hybridized carbons (Fsp3) is 0.353. The molecule has 2 aromatic rings. The number of ketones is 2. The lowest BCUT2D eigenvalue weighted by atomic mass is 9.75. The van der Waals surface area contributed by atoms with E-state index < -0.39 is 0 Å². The first-order chi connectivity index (χ1) is 17.7. The second-order valence-electron chi connectivity index (χ2n) is 10.9. The predicted molar refractivity (Wildman–Crippen MR) is 147 cm³/mol. The van der Waals surface area contributed by atoms with E-state index in [1.54, 1.807) is 0 Å². The smallest absolute Gasteiger partial charge is 0.189 e. The molecular weight excluding hydrogens is 440 g/mol. The second-order valence-corrected chi connectivity index (χ2v) is 10.9. The third-order valence-corrected chi connectivity index (χ3v) is 8.64. The molecule has 0 heterocycles. The van der Waals surface area contributed by atoms with E-state index in [4.69, 9.17) is 0 Å². The van der Waals surface area contributed by atoms with Crippen LogP contribution in [0.3, 0.4) is 0 Å². The number of benzene rings is 2. The minimum Gasteiger partial charge on any atom is -0.289 e.